The number of halogens is 1. The monoisotopic (exact) mass is 399 g/mol. The van der Waals surface area contributed by atoms with Gasteiger partial charge in [0.25, 0.3) is 5.91 Å². The lowest BCUT2D eigenvalue weighted by atomic mass is 10.1. The number of hydrogen-bond donors (Lipinski definition) is 0. The molecule has 0 fully saturated rings. The largest absolute Gasteiger partial charge is 0.454 e. The fourth-order valence-electron chi connectivity index (χ4n) is 3.44. The molecule has 1 amide bonds. The Morgan fingerprint density at radius 3 is 2.96 bits per heavy atom. The highest BCUT2D eigenvalue weighted by atomic mass is 35.5. The van der Waals surface area contributed by atoms with Gasteiger partial charge in [0.2, 0.25) is 6.79 Å². The van der Waals surface area contributed by atoms with Crippen molar-refractivity contribution in [3.8, 4) is 11.5 Å². The summed E-state index contributed by atoms with van der Waals surface area (Å²) < 4.78 is 15.7. The smallest absolute Gasteiger partial charge is 0.331 e. The van der Waals surface area contributed by atoms with Gasteiger partial charge in [0.05, 0.1) is 5.02 Å². The highest BCUT2D eigenvalue weighted by molar-refractivity contribution is 6.32. The van der Waals surface area contributed by atoms with E-state index in [1.165, 1.54) is 6.08 Å². The Bertz CT molecular complexity index is 971. The summed E-state index contributed by atoms with van der Waals surface area (Å²) in [4.78, 5) is 26.2. The van der Waals surface area contributed by atoms with Crippen LogP contribution in [-0.2, 0) is 20.7 Å². The second-order valence-electron chi connectivity index (χ2n) is 6.62. The number of hydrogen-bond acceptors (Lipinski definition) is 5. The van der Waals surface area contributed by atoms with Crippen LogP contribution in [0.1, 0.15) is 18.1 Å². The maximum Gasteiger partial charge on any atom is 0.331 e. The van der Waals surface area contributed by atoms with Crippen molar-refractivity contribution in [1.82, 2.24) is 0 Å². The molecule has 1 atom stereocenters. The first-order chi connectivity index (χ1) is 13.5. The first-order valence-corrected chi connectivity index (χ1v) is 9.24. The molecule has 6 nitrogen and oxygen atoms in total. The molecule has 0 saturated carbocycles. The van der Waals surface area contributed by atoms with E-state index in [1.54, 1.807) is 23.1 Å². The molecule has 0 spiro atoms. The second-order valence-corrected chi connectivity index (χ2v) is 7.03. The summed E-state index contributed by atoms with van der Waals surface area (Å²) in [6.45, 7) is 1.77. The van der Waals surface area contributed by atoms with E-state index in [0.29, 0.717) is 22.1 Å². The zero-order chi connectivity index (χ0) is 19.7. The van der Waals surface area contributed by atoms with Crippen molar-refractivity contribution >= 4 is 35.2 Å². The topological polar surface area (TPSA) is 65.1 Å². The van der Waals surface area contributed by atoms with E-state index < -0.39 is 5.97 Å². The molecule has 0 N–H and O–H groups in total. The van der Waals surface area contributed by atoms with Crippen LogP contribution >= 0.6 is 11.6 Å². The Balaban J connectivity index is 1.37. The van der Waals surface area contributed by atoms with Crippen molar-refractivity contribution in [2.45, 2.75) is 19.4 Å². The van der Waals surface area contributed by atoms with E-state index >= 15 is 0 Å². The predicted octanol–water partition coefficient (Wildman–Crippen LogP) is 3.60. The number of benzene rings is 2. The first kappa shape index (κ1) is 18.4. The minimum atomic E-state index is -0.609. The number of fused-ring (bicyclic) bond motifs is 2. The lowest BCUT2D eigenvalue weighted by Crippen LogP contribution is -2.38. The van der Waals surface area contributed by atoms with E-state index in [2.05, 4.69) is 0 Å². The van der Waals surface area contributed by atoms with Crippen LogP contribution in [0, 0.1) is 0 Å². The fourth-order valence-corrected chi connectivity index (χ4v) is 3.72. The molecule has 0 radical (unpaired) electrons. The van der Waals surface area contributed by atoms with E-state index in [-0.39, 0.29) is 25.3 Å². The number of carbonyl (C=O) groups is 2. The molecule has 0 bridgehead atoms. The van der Waals surface area contributed by atoms with Crippen LogP contribution in [0.2, 0.25) is 5.02 Å². The third-order valence-electron chi connectivity index (χ3n) is 4.68. The quantitative estimate of drug-likeness (QED) is 0.580. The van der Waals surface area contributed by atoms with Crippen LogP contribution in [0.4, 0.5) is 5.69 Å². The van der Waals surface area contributed by atoms with Gasteiger partial charge in [-0.15, -0.1) is 0 Å². The van der Waals surface area contributed by atoms with Crippen molar-refractivity contribution in [3.05, 3.63) is 58.6 Å². The summed E-state index contributed by atoms with van der Waals surface area (Å²) in [5.41, 5.74) is 2.66. The van der Waals surface area contributed by atoms with Crippen LogP contribution in [-0.4, -0.2) is 31.3 Å². The molecule has 0 aliphatic carbocycles. The highest BCUT2D eigenvalue weighted by Crippen LogP contribution is 2.40. The number of carbonyl (C=O) groups excluding carboxylic acids is 2. The van der Waals surface area contributed by atoms with Crippen LogP contribution in [0.3, 0.4) is 0 Å². The Kier molecular flexibility index (Phi) is 4.96. The van der Waals surface area contributed by atoms with E-state index in [0.717, 1.165) is 17.7 Å². The van der Waals surface area contributed by atoms with E-state index in [4.69, 9.17) is 25.8 Å². The minimum Gasteiger partial charge on any atom is -0.454 e. The van der Waals surface area contributed by atoms with Crippen LogP contribution < -0.4 is 14.4 Å². The molecule has 28 heavy (non-hydrogen) atoms. The zero-order valence-corrected chi connectivity index (χ0v) is 15.9. The Morgan fingerprint density at radius 1 is 1.29 bits per heavy atom. The van der Waals surface area contributed by atoms with Gasteiger partial charge in [-0.25, -0.2) is 4.79 Å². The van der Waals surface area contributed by atoms with Gasteiger partial charge >= 0.3 is 5.97 Å². The van der Waals surface area contributed by atoms with Gasteiger partial charge in [0, 0.05) is 17.8 Å². The fraction of sp³-hybridized carbons (Fsp3) is 0.238. The summed E-state index contributed by atoms with van der Waals surface area (Å²) in [6, 6.07) is 11.2. The van der Waals surface area contributed by atoms with Gasteiger partial charge < -0.3 is 19.1 Å². The third-order valence-corrected chi connectivity index (χ3v) is 4.96. The summed E-state index contributed by atoms with van der Waals surface area (Å²) in [5, 5.41) is 0.403. The number of nitrogens with zero attached hydrogens (tertiary/aromatic N) is 1. The molecule has 7 heteroatoms. The minimum absolute atomic E-state index is 0.0370. The molecule has 0 unspecified atom stereocenters. The number of anilines is 1. The molecule has 2 aliphatic heterocycles. The molecule has 2 heterocycles. The predicted molar refractivity (Wildman–Crippen MR) is 105 cm³/mol. The third kappa shape index (κ3) is 3.55. The Labute approximate surface area is 167 Å². The number of amides is 1. The lowest BCUT2D eigenvalue weighted by Gasteiger charge is -2.22. The van der Waals surface area contributed by atoms with Gasteiger partial charge in [-0.2, -0.15) is 0 Å². The van der Waals surface area contributed by atoms with Crippen LogP contribution in [0.25, 0.3) is 6.08 Å². The molecule has 0 aromatic heterocycles. The summed E-state index contributed by atoms with van der Waals surface area (Å²) in [5.74, 6) is 0.164. The van der Waals surface area contributed by atoms with Crippen molar-refractivity contribution in [3.63, 3.8) is 0 Å². The molecule has 2 aliphatic rings. The average Bonchev–Trinajstić information content (AvgIpc) is 3.28. The maximum absolute atomic E-state index is 12.5. The van der Waals surface area contributed by atoms with Crippen LogP contribution in [0.15, 0.2) is 42.5 Å². The Hall–Kier alpha value is -2.99. The normalized spacial score (nSPS) is 17.1. The van der Waals surface area contributed by atoms with Gasteiger partial charge in [0.1, 0.15) is 0 Å². The number of rotatable bonds is 4. The zero-order valence-electron chi connectivity index (χ0n) is 15.2. The average molecular weight is 400 g/mol. The number of para-hydroxylation sites is 1. The SMILES string of the molecule is C[C@H]1Cc2ccccc2N1C(=O)COC(=O)/C=C/c1cc(Cl)c2c(c1)OCO2. The second kappa shape index (κ2) is 7.56. The molecule has 0 saturated heterocycles. The number of ether oxygens (including phenoxy) is 3. The van der Waals surface area contributed by atoms with Gasteiger partial charge in [-0.3, -0.25) is 4.79 Å². The van der Waals surface area contributed by atoms with E-state index in [1.807, 2.05) is 31.2 Å². The summed E-state index contributed by atoms with van der Waals surface area (Å²) >= 11 is 6.12. The molecular formula is C21H18ClNO5. The van der Waals surface area contributed by atoms with Crippen molar-refractivity contribution in [2.24, 2.45) is 0 Å². The van der Waals surface area contributed by atoms with Gasteiger partial charge in [-0.1, -0.05) is 29.8 Å². The first-order valence-electron chi connectivity index (χ1n) is 8.87. The van der Waals surface area contributed by atoms with Crippen molar-refractivity contribution < 1.29 is 23.8 Å². The molecule has 2 aromatic rings. The van der Waals surface area contributed by atoms with Gasteiger partial charge in [0.15, 0.2) is 18.1 Å². The maximum atomic E-state index is 12.5. The van der Waals surface area contributed by atoms with Gasteiger partial charge in [-0.05, 0) is 48.7 Å². The standard InChI is InChI=1S/C21H18ClNO5/c1-13-8-15-4-2-3-5-17(15)23(13)19(24)11-26-20(25)7-6-14-9-16(22)21-18(10-14)27-12-28-21/h2-7,9-10,13H,8,11-12H2,1H3/b7-6+/t13-/m0/s1. The number of esters is 1. The molecule has 2 aromatic carbocycles. The highest BCUT2D eigenvalue weighted by Gasteiger charge is 2.30. The molecule has 4 rings (SSSR count). The van der Waals surface area contributed by atoms with E-state index in [9.17, 15) is 9.59 Å². The lowest BCUT2D eigenvalue weighted by molar-refractivity contribution is -0.143. The van der Waals surface area contributed by atoms with Crippen LogP contribution in [0.5, 0.6) is 11.5 Å². The Morgan fingerprint density at radius 2 is 2.11 bits per heavy atom. The molecular weight excluding hydrogens is 382 g/mol. The van der Waals surface area contributed by atoms with Crippen molar-refractivity contribution in [2.75, 3.05) is 18.3 Å². The molecule has 144 valence electrons. The summed E-state index contributed by atoms with van der Waals surface area (Å²) in [6.07, 6.45) is 3.59. The summed E-state index contributed by atoms with van der Waals surface area (Å²) in [7, 11) is 0. The van der Waals surface area contributed by atoms with Crippen molar-refractivity contribution in [1.29, 1.82) is 0 Å².